The maximum Gasteiger partial charge on any atom is 0.251 e. The number of nitrogens with zero attached hydrogens (tertiary/aromatic N) is 3. The Kier molecular flexibility index (Phi) is 8.98. The Balaban J connectivity index is 1.72. The van der Waals surface area contributed by atoms with Crippen LogP contribution < -0.4 is 10.1 Å². The minimum absolute atomic E-state index is 0.0735. The number of benzene rings is 2. The van der Waals surface area contributed by atoms with Crippen LogP contribution in [0.25, 0.3) is 11.3 Å². The van der Waals surface area contributed by atoms with Gasteiger partial charge in [0.25, 0.3) is 5.91 Å². The third kappa shape index (κ3) is 6.58. The number of hydrogen-bond donors (Lipinski definition) is 2. The summed E-state index contributed by atoms with van der Waals surface area (Å²) in [5, 5.41) is 22.0. The van der Waals surface area contributed by atoms with Crippen LogP contribution in [-0.4, -0.2) is 45.1 Å². The van der Waals surface area contributed by atoms with Gasteiger partial charge in [-0.05, 0) is 57.4 Å². The van der Waals surface area contributed by atoms with Crippen LogP contribution in [0.3, 0.4) is 0 Å². The first-order valence-electron chi connectivity index (χ1n) is 12.1. The van der Waals surface area contributed by atoms with Crippen molar-refractivity contribution >= 4 is 11.7 Å². The Morgan fingerprint density at radius 3 is 2.47 bits per heavy atom. The predicted molar refractivity (Wildman–Crippen MR) is 137 cm³/mol. The molecule has 36 heavy (non-hydrogen) atoms. The van der Waals surface area contributed by atoms with Crippen molar-refractivity contribution in [3.8, 4) is 23.1 Å². The number of Topliss-reactive ketones (excluding diaryl/α,β-unsaturated/α-hetero) is 1. The van der Waals surface area contributed by atoms with E-state index in [1.54, 1.807) is 12.1 Å². The number of ketones is 1. The van der Waals surface area contributed by atoms with Gasteiger partial charge in [-0.15, -0.1) is 0 Å². The molecule has 188 valence electrons. The number of carbonyl (C=O) groups is 2. The molecule has 3 rings (SSSR count). The van der Waals surface area contributed by atoms with E-state index in [0.29, 0.717) is 42.1 Å². The summed E-state index contributed by atoms with van der Waals surface area (Å²) in [5.41, 5.74) is 3.26. The van der Waals surface area contributed by atoms with Crippen LogP contribution in [0.5, 0.6) is 5.75 Å². The second-order valence-electron chi connectivity index (χ2n) is 8.87. The van der Waals surface area contributed by atoms with Gasteiger partial charge in [-0.3, -0.25) is 9.59 Å². The van der Waals surface area contributed by atoms with Crippen molar-refractivity contribution in [2.75, 3.05) is 6.61 Å². The molecular weight excluding hydrogens is 456 g/mol. The third-order valence-corrected chi connectivity index (χ3v) is 5.70. The molecule has 2 N–H and O–H groups in total. The number of amides is 1. The van der Waals surface area contributed by atoms with Gasteiger partial charge in [0.2, 0.25) is 0 Å². The van der Waals surface area contributed by atoms with E-state index in [1.807, 2.05) is 55.8 Å². The normalized spacial score (nSPS) is 11.7. The quantitative estimate of drug-likeness (QED) is 0.392. The summed E-state index contributed by atoms with van der Waals surface area (Å²) in [6, 6.07) is 14.3. The molecule has 1 heterocycles. The molecule has 1 aromatic heterocycles. The number of imidazole rings is 1. The van der Waals surface area contributed by atoms with Crippen molar-refractivity contribution < 1.29 is 19.4 Å². The molecule has 1 unspecified atom stereocenters. The number of nitrogens with one attached hydrogen (secondary N) is 1. The highest BCUT2D eigenvalue weighted by atomic mass is 16.5. The van der Waals surface area contributed by atoms with E-state index in [1.165, 1.54) is 13.0 Å². The molecule has 0 fully saturated rings. The topological polar surface area (TPSA) is 117 Å². The van der Waals surface area contributed by atoms with Crippen molar-refractivity contribution in [3.63, 3.8) is 0 Å². The smallest absolute Gasteiger partial charge is 0.251 e. The first-order chi connectivity index (χ1) is 17.2. The Morgan fingerprint density at radius 2 is 1.92 bits per heavy atom. The summed E-state index contributed by atoms with van der Waals surface area (Å²) in [4.78, 5) is 29.2. The molecular formula is C28H32N4O4. The largest absolute Gasteiger partial charge is 0.490 e. The first kappa shape index (κ1) is 26.6. The molecule has 8 heteroatoms. The molecule has 0 aliphatic carbocycles. The monoisotopic (exact) mass is 488 g/mol. The zero-order valence-corrected chi connectivity index (χ0v) is 21.1. The van der Waals surface area contributed by atoms with Gasteiger partial charge < -0.3 is 19.7 Å². The Morgan fingerprint density at radius 1 is 1.19 bits per heavy atom. The van der Waals surface area contributed by atoms with E-state index in [0.717, 1.165) is 16.8 Å². The fraction of sp³-hybridized carbons (Fsp3) is 0.357. The van der Waals surface area contributed by atoms with Gasteiger partial charge in [-0.1, -0.05) is 24.3 Å². The minimum atomic E-state index is -0.320. The molecule has 8 nitrogen and oxygen atoms in total. The van der Waals surface area contributed by atoms with Crippen LogP contribution in [0.4, 0.5) is 0 Å². The first-order valence-corrected chi connectivity index (χ1v) is 12.1. The summed E-state index contributed by atoms with van der Waals surface area (Å²) < 4.78 is 7.46. The van der Waals surface area contributed by atoms with Crippen LogP contribution in [0.15, 0.2) is 48.7 Å². The zero-order chi connectivity index (χ0) is 26.2. The van der Waals surface area contributed by atoms with Crippen LogP contribution in [0, 0.1) is 11.3 Å². The number of nitriles is 1. The van der Waals surface area contributed by atoms with E-state index in [2.05, 4.69) is 16.4 Å². The van der Waals surface area contributed by atoms with E-state index in [-0.39, 0.29) is 30.4 Å². The second kappa shape index (κ2) is 12.1. The standard InChI is InChI=1S/C28H32N4O4/c1-5-32-17-25(31-27(32)19(4)34)21-8-6-20(7-9-21)14-24(12-13-33)30-28(35)22-10-11-26(36-18(2)3)23(15-22)16-29/h6-11,15,17-18,24,33H,5,12-14H2,1-4H3,(H,30,35). The van der Waals surface area contributed by atoms with Gasteiger partial charge in [-0.2, -0.15) is 5.26 Å². The SMILES string of the molecule is CCn1cc(-c2ccc(CC(CCO)NC(=O)c3ccc(OC(C)C)c(C#N)c3)cc2)nc1C(C)=O. The molecule has 0 bridgehead atoms. The highest BCUT2D eigenvalue weighted by Crippen LogP contribution is 2.22. The number of aliphatic hydroxyl groups excluding tert-OH is 1. The summed E-state index contributed by atoms with van der Waals surface area (Å²) >= 11 is 0. The number of rotatable bonds is 11. The number of aromatic nitrogens is 2. The lowest BCUT2D eigenvalue weighted by Crippen LogP contribution is -2.37. The van der Waals surface area contributed by atoms with E-state index < -0.39 is 0 Å². The summed E-state index contributed by atoms with van der Waals surface area (Å²) in [7, 11) is 0. The van der Waals surface area contributed by atoms with Crippen molar-refractivity contribution in [2.45, 2.75) is 59.2 Å². The van der Waals surface area contributed by atoms with Crippen LogP contribution in [0.1, 0.15) is 66.2 Å². The van der Waals surface area contributed by atoms with Crippen molar-refractivity contribution in [1.29, 1.82) is 5.26 Å². The van der Waals surface area contributed by atoms with Gasteiger partial charge in [0, 0.05) is 43.4 Å². The number of carbonyl (C=O) groups excluding carboxylic acids is 2. The average Bonchev–Trinajstić information content (AvgIpc) is 3.29. The minimum Gasteiger partial charge on any atom is -0.490 e. The van der Waals surface area contributed by atoms with Gasteiger partial charge in [0.15, 0.2) is 11.6 Å². The fourth-order valence-corrected chi connectivity index (χ4v) is 3.94. The molecule has 0 saturated carbocycles. The van der Waals surface area contributed by atoms with Crippen molar-refractivity contribution in [3.05, 3.63) is 71.2 Å². The van der Waals surface area contributed by atoms with Gasteiger partial charge in [0.05, 0.1) is 17.4 Å². The molecule has 1 atom stereocenters. The number of ether oxygens (including phenoxy) is 1. The van der Waals surface area contributed by atoms with E-state index >= 15 is 0 Å². The van der Waals surface area contributed by atoms with Crippen molar-refractivity contribution in [2.24, 2.45) is 0 Å². The highest BCUT2D eigenvalue weighted by molar-refractivity contribution is 5.95. The molecule has 0 aliphatic rings. The third-order valence-electron chi connectivity index (χ3n) is 5.70. The lowest BCUT2D eigenvalue weighted by atomic mass is 10.0. The molecule has 0 saturated heterocycles. The van der Waals surface area contributed by atoms with Gasteiger partial charge in [0.1, 0.15) is 11.8 Å². The zero-order valence-electron chi connectivity index (χ0n) is 21.1. The fourth-order valence-electron chi connectivity index (χ4n) is 3.94. The molecule has 1 amide bonds. The number of hydrogen-bond acceptors (Lipinski definition) is 6. The lowest BCUT2D eigenvalue weighted by molar-refractivity contribution is 0.0929. The summed E-state index contributed by atoms with van der Waals surface area (Å²) in [5.74, 6) is 0.478. The highest BCUT2D eigenvalue weighted by Gasteiger charge is 2.17. The van der Waals surface area contributed by atoms with Gasteiger partial charge in [-0.25, -0.2) is 4.98 Å². The van der Waals surface area contributed by atoms with Crippen LogP contribution in [0.2, 0.25) is 0 Å². The Labute approximate surface area is 211 Å². The van der Waals surface area contributed by atoms with E-state index in [9.17, 15) is 20.0 Å². The van der Waals surface area contributed by atoms with Crippen molar-refractivity contribution in [1.82, 2.24) is 14.9 Å². The summed E-state index contributed by atoms with van der Waals surface area (Å²) in [6.07, 6.45) is 2.69. The van der Waals surface area contributed by atoms with Gasteiger partial charge >= 0.3 is 0 Å². The molecule has 0 radical (unpaired) electrons. The van der Waals surface area contributed by atoms with Crippen LogP contribution >= 0.6 is 0 Å². The van der Waals surface area contributed by atoms with E-state index in [4.69, 9.17) is 4.74 Å². The molecule has 0 aliphatic heterocycles. The lowest BCUT2D eigenvalue weighted by Gasteiger charge is -2.19. The number of aliphatic hydroxyl groups is 1. The maximum absolute atomic E-state index is 12.9. The Hall–Kier alpha value is -3.96. The molecule has 2 aromatic carbocycles. The molecule has 0 spiro atoms. The summed E-state index contributed by atoms with van der Waals surface area (Å²) in [6.45, 7) is 7.79. The predicted octanol–water partition coefficient (Wildman–Crippen LogP) is 4.15. The maximum atomic E-state index is 12.9. The average molecular weight is 489 g/mol. The molecule has 3 aromatic rings. The van der Waals surface area contributed by atoms with Crippen LogP contribution in [-0.2, 0) is 13.0 Å². The second-order valence-corrected chi connectivity index (χ2v) is 8.87. The number of aryl methyl sites for hydroxylation is 1. The Bertz CT molecular complexity index is 1260.